The first-order valence-electron chi connectivity index (χ1n) is 10.5. The Labute approximate surface area is 162 Å². The van der Waals surface area contributed by atoms with E-state index in [4.69, 9.17) is 0 Å². The van der Waals surface area contributed by atoms with Gasteiger partial charge in [0.25, 0.3) is 5.91 Å². The van der Waals surface area contributed by atoms with E-state index in [0.717, 1.165) is 24.2 Å². The molecule has 5 unspecified atom stereocenters. The highest BCUT2D eigenvalue weighted by Gasteiger charge is 2.56. The van der Waals surface area contributed by atoms with Crippen molar-refractivity contribution in [2.45, 2.75) is 84.7 Å². The van der Waals surface area contributed by atoms with Gasteiger partial charge in [-0.05, 0) is 48.9 Å². The molecule has 4 amide bonds. The monoisotopic (exact) mass is 377 g/mol. The van der Waals surface area contributed by atoms with E-state index in [2.05, 4.69) is 45.3 Å². The molecule has 2 aliphatic carbocycles. The van der Waals surface area contributed by atoms with Gasteiger partial charge in [0.2, 0.25) is 5.91 Å². The Kier molecular flexibility index (Phi) is 5.30. The predicted octanol–water partition coefficient (Wildman–Crippen LogP) is 3.06. The van der Waals surface area contributed by atoms with E-state index in [1.54, 1.807) is 0 Å². The lowest BCUT2D eigenvalue weighted by molar-refractivity contribution is -0.138. The van der Waals surface area contributed by atoms with Crippen LogP contribution in [0.5, 0.6) is 0 Å². The molecule has 27 heavy (non-hydrogen) atoms. The lowest BCUT2D eigenvalue weighted by atomic mass is 9.64. The third-order valence-electron chi connectivity index (χ3n) is 6.98. The van der Waals surface area contributed by atoms with Crippen molar-refractivity contribution in [3.63, 3.8) is 0 Å². The van der Waals surface area contributed by atoms with Crippen LogP contribution in [0, 0.1) is 23.2 Å². The number of imide groups is 1. The van der Waals surface area contributed by atoms with E-state index in [9.17, 15) is 14.4 Å². The second-order valence-electron chi connectivity index (χ2n) is 10.2. The first kappa shape index (κ1) is 20.2. The lowest BCUT2D eigenvalue weighted by Gasteiger charge is -2.43. The number of carbonyl (C=O) groups is 3. The maximum Gasteiger partial charge on any atom is 0.325 e. The van der Waals surface area contributed by atoms with Gasteiger partial charge in [-0.25, -0.2) is 4.79 Å². The summed E-state index contributed by atoms with van der Waals surface area (Å²) in [6.45, 7) is 10.6. The Balaban J connectivity index is 1.66. The third kappa shape index (κ3) is 3.99. The van der Waals surface area contributed by atoms with Crippen LogP contribution >= 0.6 is 0 Å². The summed E-state index contributed by atoms with van der Waals surface area (Å²) < 4.78 is 0. The molecule has 1 heterocycles. The number of hydrogen-bond donors (Lipinski definition) is 2. The minimum atomic E-state index is -0.842. The Hall–Kier alpha value is -1.59. The molecule has 3 aliphatic rings. The molecule has 2 N–H and O–H groups in total. The minimum absolute atomic E-state index is 0.00740. The molecule has 5 atom stereocenters. The Morgan fingerprint density at radius 2 is 1.89 bits per heavy atom. The summed E-state index contributed by atoms with van der Waals surface area (Å²) in [6, 6.07) is -0.297. The second kappa shape index (κ2) is 7.10. The van der Waals surface area contributed by atoms with Crippen LogP contribution in [-0.2, 0) is 9.59 Å². The van der Waals surface area contributed by atoms with Crippen molar-refractivity contribution in [3.8, 4) is 0 Å². The first-order valence-corrected chi connectivity index (χ1v) is 10.5. The number of nitrogens with zero attached hydrogens (tertiary/aromatic N) is 1. The number of rotatable bonds is 3. The van der Waals surface area contributed by atoms with Crippen molar-refractivity contribution >= 4 is 17.8 Å². The summed E-state index contributed by atoms with van der Waals surface area (Å²) in [4.78, 5) is 39.4. The Morgan fingerprint density at radius 3 is 2.56 bits per heavy atom. The average Bonchev–Trinajstić information content (AvgIpc) is 2.73. The zero-order valence-corrected chi connectivity index (χ0v) is 17.4. The summed E-state index contributed by atoms with van der Waals surface area (Å²) in [5.74, 6) is 0.889. The van der Waals surface area contributed by atoms with Crippen LogP contribution < -0.4 is 10.6 Å². The van der Waals surface area contributed by atoms with Gasteiger partial charge in [0, 0.05) is 6.04 Å². The van der Waals surface area contributed by atoms with Crippen molar-refractivity contribution in [1.29, 1.82) is 0 Å². The molecule has 1 aliphatic heterocycles. The summed E-state index contributed by atoms with van der Waals surface area (Å²) in [5.41, 5.74) is -0.849. The van der Waals surface area contributed by atoms with Crippen molar-refractivity contribution in [2.75, 3.05) is 6.54 Å². The smallest absolute Gasteiger partial charge is 0.325 e. The van der Waals surface area contributed by atoms with Crippen LogP contribution in [0.2, 0.25) is 0 Å². The van der Waals surface area contributed by atoms with Crippen LogP contribution in [-0.4, -0.2) is 40.9 Å². The first-order chi connectivity index (χ1) is 12.5. The van der Waals surface area contributed by atoms with Crippen LogP contribution in [0.15, 0.2) is 0 Å². The van der Waals surface area contributed by atoms with Gasteiger partial charge in [-0.15, -0.1) is 0 Å². The number of hydrogen-bond acceptors (Lipinski definition) is 3. The van der Waals surface area contributed by atoms with Crippen molar-refractivity contribution < 1.29 is 14.4 Å². The van der Waals surface area contributed by atoms with Gasteiger partial charge >= 0.3 is 6.03 Å². The fraction of sp³-hybridized carbons (Fsp3) is 0.857. The number of amides is 4. The van der Waals surface area contributed by atoms with Crippen molar-refractivity contribution in [3.05, 3.63) is 0 Å². The standard InChI is InChI=1S/C21H35N3O3/c1-13-9-20(4,5)12-21(10-13)18(26)24(19(27)23-21)11-17(25)22-16-8-6-7-14(2)15(16)3/h13-16H,6-12H2,1-5H3,(H,22,25)(H,23,27). The van der Waals surface area contributed by atoms with E-state index >= 15 is 0 Å². The van der Waals surface area contributed by atoms with Gasteiger partial charge in [0.1, 0.15) is 12.1 Å². The zero-order valence-electron chi connectivity index (χ0n) is 17.4. The average molecular weight is 378 g/mol. The van der Waals surface area contributed by atoms with E-state index in [-0.39, 0.29) is 29.8 Å². The topological polar surface area (TPSA) is 78.5 Å². The van der Waals surface area contributed by atoms with Crippen LogP contribution in [0.25, 0.3) is 0 Å². The molecule has 0 aromatic heterocycles. The molecular weight excluding hydrogens is 342 g/mol. The van der Waals surface area contributed by atoms with Crippen molar-refractivity contribution in [2.24, 2.45) is 23.2 Å². The van der Waals surface area contributed by atoms with Crippen molar-refractivity contribution in [1.82, 2.24) is 15.5 Å². The maximum absolute atomic E-state index is 13.1. The van der Waals surface area contributed by atoms with E-state index in [1.165, 1.54) is 6.42 Å². The van der Waals surface area contributed by atoms with Crippen LogP contribution in [0.3, 0.4) is 0 Å². The van der Waals surface area contributed by atoms with Gasteiger partial charge in [-0.1, -0.05) is 47.5 Å². The number of urea groups is 1. The highest BCUT2D eigenvalue weighted by molar-refractivity contribution is 6.09. The Morgan fingerprint density at radius 1 is 1.19 bits per heavy atom. The summed E-state index contributed by atoms with van der Waals surface area (Å²) in [7, 11) is 0. The number of nitrogens with one attached hydrogen (secondary N) is 2. The second-order valence-corrected chi connectivity index (χ2v) is 10.2. The van der Waals surface area contributed by atoms with Gasteiger partial charge in [-0.3, -0.25) is 14.5 Å². The summed E-state index contributed by atoms with van der Waals surface area (Å²) in [6.07, 6.45) is 5.58. The SMILES string of the molecule is CC1CC(C)(C)CC2(C1)NC(=O)N(CC(=O)NC1CCCC(C)C1C)C2=O. The molecule has 0 aromatic carbocycles. The van der Waals surface area contributed by atoms with Gasteiger partial charge in [0.15, 0.2) is 0 Å². The van der Waals surface area contributed by atoms with E-state index < -0.39 is 11.6 Å². The lowest BCUT2D eigenvalue weighted by Crippen LogP contribution is -2.54. The molecule has 6 heteroatoms. The molecular formula is C21H35N3O3. The highest BCUT2D eigenvalue weighted by Crippen LogP contribution is 2.46. The molecule has 3 fully saturated rings. The highest BCUT2D eigenvalue weighted by atomic mass is 16.2. The van der Waals surface area contributed by atoms with Crippen LogP contribution in [0.1, 0.15) is 73.1 Å². The van der Waals surface area contributed by atoms with Crippen LogP contribution in [0.4, 0.5) is 4.79 Å². The molecule has 0 aromatic rings. The zero-order chi connectivity index (χ0) is 20.0. The molecule has 2 saturated carbocycles. The minimum Gasteiger partial charge on any atom is -0.352 e. The summed E-state index contributed by atoms with van der Waals surface area (Å²) in [5, 5.41) is 6.01. The molecule has 152 valence electrons. The Bertz CT molecular complexity index is 632. The third-order valence-corrected chi connectivity index (χ3v) is 6.98. The van der Waals surface area contributed by atoms with Gasteiger partial charge < -0.3 is 10.6 Å². The van der Waals surface area contributed by atoms with Gasteiger partial charge in [-0.2, -0.15) is 0 Å². The molecule has 6 nitrogen and oxygen atoms in total. The molecule has 1 spiro atoms. The fourth-order valence-corrected chi connectivity index (χ4v) is 5.83. The van der Waals surface area contributed by atoms with E-state index in [0.29, 0.717) is 30.6 Å². The summed E-state index contributed by atoms with van der Waals surface area (Å²) >= 11 is 0. The molecule has 0 radical (unpaired) electrons. The fourth-order valence-electron chi connectivity index (χ4n) is 5.83. The maximum atomic E-state index is 13.1. The molecule has 0 bridgehead atoms. The number of carbonyl (C=O) groups excluding carboxylic acids is 3. The predicted molar refractivity (Wildman–Crippen MR) is 104 cm³/mol. The van der Waals surface area contributed by atoms with E-state index in [1.807, 2.05) is 0 Å². The van der Waals surface area contributed by atoms with Gasteiger partial charge in [0.05, 0.1) is 0 Å². The quantitative estimate of drug-likeness (QED) is 0.742. The molecule has 1 saturated heterocycles. The normalized spacial score (nSPS) is 38.8. The molecule has 3 rings (SSSR count). The largest absolute Gasteiger partial charge is 0.352 e.